The molecule has 10 heteroatoms. The van der Waals surface area contributed by atoms with Crippen molar-refractivity contribution in [2.24, 2.45) is 11.7 Å². The molecule has 0 saturated carbocycles. The average molecular weight is 639 g/mol. The van der Waals surface area contributed by atoms with Crippen LogP contribution >= 0.6 is 11.3 Å². The summed E-state index contributed by atoms with van der Waals surface area (Å²) in [5.41, 5.74) is 11.6. The monoisotopic (exact) mass is 638 g/mol. The number of hydrogen-bond acceptors (Lipinski definition) is 7. The summed E-state index contributed by atoms with van der Waals surface area (Å²) in [6.45, 7) is 5.75. The Morgan fingerprint density at radius 1 is 1.04 bits per heavy atom. The van der Waals surface area contributed by atoms with Gasteiger partial charge in [0.15, 0.2) is 0 Å². The number of thiophene rings is 1. The van der Waals surface area contributed by atoms with E-state index in [9.17, 15) is 19.1 Å². The fourth-order valence-corrected chi connectivity index (χ4v) is 7.24. The van der Waals surface area contributed by atoms with Crippen molar-refractivity contribution in [1.82, 2.24) is 15.5 Å². The number of aromatic nitrogens is 2. The van der Waals surface area contributed by atoms with Gasteiger partial charge in [-0.3, -0.25) is 9.59 Å². The highest BCUT2D eigenvalue weighted by Gasteiger charge is 2.30. The van der Waals surface area contributed by atoms with Gasteiger partial charge in [0.2, 0.25) is 17.7 Å². The van der Waals surface area contributed by atoms with Crippen molar-refractivity contribution < 1.29 is 23.5 Å². The van der Waals surface area contributed by atoms with Gasteiger partial charge in [-0.2, -0.15) is 0 Å². The smallest absolute Gasteiger partial charge is 0.261 e. The van der Waals surface area contributed by atoms with Crippen molar-refractivity contribution in [2.75, 3.05) is 0 Å². The van der Waals surface area contributed by atoms with E-state index in [1.807, 2.05) is 38.1 Å². The van der Waals surface area contributed by atoms with E-state index in [1.165, 1.54) is 41.2 Å². The largest absolute Gasteiger partial charge is 0.421 e. The van der Waals surface area contributed by atoms with Crippen molar-refractivity contribution in [3.8, 4) is 21.9 Å². The predicted octanol–water partition coefficient (Wildman–Crippen LogP) is 6.90. The zero-order valence-corrected chi connectivity index (χ0v) is 26.7. The van der Waals surface area contributed by atoms with Crippen LogP contribution in [0.1, 0.15) is 86.2 Å². The second-order valence-corrected chi connectivity index (χ2v) is 13.2. The highest BCUT2D eigenvalue weighted by atomic mass is 32.1. The highest BCUT2D eigenvalue weighted by Crippen LogP contribution is 2.44. The molecule has 6 rings (SSSR count). The molecule has 5 aromatic rings. The first-order valence-corrected chi connectivity index (χ1v) is 16.1. The highest BCUT2D eigenvalue weighted by molar-refractivity contribution is 7.17. The van der Waals surface area contributed by atoms with Crippen LogP contribution in [0.25, 0.3) is 21.9 Å². The van der Waals surface area contributed by atoms with E-state index in [1.54, 1.807) is 19.1 Å². The third-order valence-electron chi connectivity index (χ3n) is 8.29. The van der Waals surface area contributed by atoms with E-state index in [-0.39, 0.29) is 30.2 Å². The van der Waals surface area contributed by atoms with Crippen molar-refractivity contribution in [3.63, 3.8) is 0 Å². The van der Waals surface area contributed by atoms with Crippen LogP contribution in [0.15, 0.2) is 71.1 Å². The van der Waals surface area contributed by atoms with Crippen LogP contribution in [0.3, 0.4) is 0 Å². The first-order chi connectivity index (χ1) is 22.1. The zero-order valence-electron chi connectivity index (χ0n) is 25.8. The van der Waals surface area contributed by atoms with E-state index >= 15 is 0 Å². The number of nitrogens with zero attached hydrogens (tertiary/aromatic N) is 2. The van der Waals surface area contributed by atoms with Crippen molar-refractivity contribution in [1.29, 1.82) is 0 Å². The van der Waals surface area contributed by atoms with Crippen molar-refractivity contribution >= 4 is 23.2 Å². The lowest BCUT2D eigenvalue weighted by Gasteiger charge is -2.21. The van der Waals surface area contributed by atoms with Gasteiger partial charge in [0.05, 0.1) is 28.1 Å². The molecule has 0 spiro atoms. The first-order valence-electron chi connectivity index (χ1n) is 15.3. The summed E-state index contributed by atoms with van der Waals surface area (Å²) in [7, 11) is 0. The Bertz CT molecular complexity index is 1910. The van der Waals surface area contributed by atoms with Gasteiger partial charge in [-0.05, 0) is 77.3 Å². The minimum atomic E-state index is -0.999. The van der Waals surface area contributed by atoms with Crippen LogP contribution in [-0.2, 0) is 19.3 Å². The van der Waals surface area contributed by atoms with Crippen molar-refractivity contribution in [2.45, 2.75) is 58.6 Å². The Morgan fingerprint density at radius 3 is 2.50 bits per heavy atom. The van der Waals surface area contributed by atoms with Crippen LogP contribution in [0.2, 0.25) is 0 Å². The maximum atomic E-state index is 13.7. The number of rotatable bonds is 10. The number of benzene rings is 3. The third kappa shape index (κ3) is 6.36. The molecular weight excluding hydrogens is 603 g/mol. The number of aliphatic hydroxyl groups is 1. The van der Waals surface area contributed by atoms with Gasteiger partial charge in [-0.1, -0.05) is 56.3 Å². The molecule has 0 bridgehead atoms. The van der Waals surface area contributed by atoms with Crippen LogP contribution in [0.4, 0.5) is 4.39 Å². The molecule has 1 aliphatic carbocycles. The van der Waals surface area contributed by atoms with Gasteiger partial charge >= 0.3 is 0 Å². The number of nitrogens with two attached hydrogens (primary N) is 1. The molecule has 0 radical (unpaired) electrons. The molecule has 4 N–H and O–H groups in total. The third-order valence-corrected chi connectivity index (χ3v) is 9.39. The number of aliphatic hydroxyl groups excluding tert-OH is 1. The van der Waals surface area contributed by atoms with E-state index in [0.29, 0.717) is 55.4 Å². The average Bonchev–Trinajstić information content (AvgIpc) is 3.77. The van der Waals surface area contributed by atoms with Gasteiger partial charge in [-0.15, -0.1) is 21.5 Å². The van der Waals surface area contributed by atoms with Gasteiger partial charge in [0.1, 0.15) is 5.82 Å². The van der Waals surface area contributed by atoms with E-state index < -0.39 is 17.8 Å². The van der Waals surface area contributed by atoms with Gasteiger partial charge in [0, 0.05) is 23.8 Å². The van der Waals surface area contributed by atoms with E-state index in [2.05, 4.69) is 21.6 Å². The number of carbonyl (C=O) groups excluding carboxylic acids is 2. The predicted molar refractivity (Wildman–Crippen MR) is 175 cm³/mol. The Morgan fingerprint density at radius 2 is 1.80 bits per heavy atom. The molecule has 0 saturated heterocycles. The normalized spacial score (nSPS) is 14.8. The summed E-state index contributed by atoms with van der Waals surface area (Å²) in [6.07, 6.45) is 1.38. The first kappa shape index (κ1) is 31.3. The fourth-order valence-electron chi connectivity index (χ4n) is 6.27. The summed E-state index contributed by atoms with van der Waals surface area (Å²) >= 11 is 1.25. The Hall–Kier alpha value is -4.67. The summed E-state index contributed by atoms with van der Waals surface area (Å²) in [5, 5.41) is 22.8. The molecule has 8 nitrogen and oxygen atoms in total. The second kappa shape index (κ2) is 13.0. The zero-order chi connectivity index (χ0) is 32.5. The lowest BCUT2D eigenvalue weighted by Crippen LogP contribution is -2.26. The van der Waals surface area contributed by atoms with Gasteiger partial charge in [0.25, 0.3) is 5.91 Å². The molecule has 2 aromatic heterocycles. The number of carbonyl (C=O) groups is 2. The maximum absolute atomic E-state index is 13.7. The minimum Gasteiger partial charge on any atom is -0.421 e. The van der Waals surface area contributed by atoms with Gasteiger partial charge in [-0.25, -0.2) is 4.39 Å². The molecule has 3 aromatic carbocycles. The number of aryl methyl sites for hydroxylation is 2. The van der Waals surface area contributed by atoms with Crippen LogP contribution < -0.4 is 11.1 Å². The quantitative estimate of drug-likeness (QED) is 0.152. The number of nitrogens with one attached hydrogen (secondary N) is 1. The SMILES string of the molecule is Cc1nnc(-c2c(CC(O)c3ccc(F)cc3)cc(CC(C)C)c(C(N)=O)c2-c2ccc(C(=O)N[C@@H]3CCc4ccccc43)s2)o1. The number of primary amides is 1. The van der Waals surface area contributed by atoms with Gasteiger partial charge < -0.3 is 20.6 Å². The summed E-state index contributed by atoms with van der Waals surface area (Å²) < 4.78 is 19.6. The molecule has 236 valence electrons. The molecule has 2 heterocycles. The lowest BCUT2D eigenvalue weighted by molar-refractivity contribution is 0.0939. The molecule has 2 amide bonds. The van der Waals surface area contributed by atoms with Crippen molar-refractivity contribution in [3.05, 3.63) is 117 Å². The molecule has 2 atom stereocenters. The molecular formula is C36H35FN4O4S. The van der Waals surface area contributed by atoms with E-state index in [0.717, 1.165) is 18.4 Å². The Kier molecular flexibility index (Phi) is 8.84. The van der Waals surface area contributed by atoms with Crippen LogP contribution in [0, 0.1) is 18.7 Å². The molecule has 0 aliphatic heterocycles. The van der Waals surface area contributed by atoms with Crippen LogP contribution in [-0.4, -0.2) is 27.1 Å². The lowest BCUT2D eigenvalue weighted by atomic mass is 9.84. The topological polar surface area (TPSA) is 131 Å². The number of amides is 2. The second-order valence-electron chi connectivity index (χ2n) is 12.1. The summed E-state index contributed by atoms with van der Waals surface area (Å²) in [4.78, 5) is 27.9. The summed E-state index contributed by atoms with van der Waals surface area (Å²) in [6, 6.07) is 19.1. The Balaban J connectivity index is 1.48. The van der Waals surface area contributed by atoms with Crippen LogP contribution in [0.5, 0.6) is 0 Å². The Labute approximate surface area is 270 Å². The standard InChI is InChI=1S/C36H35FN4O4S/c1-19(2)16-23-17-24(18-28(42)22-8-11-25(37)12-9-22)32(36-41-40-20(3)45-36)33(31(23)34(38)43)29-14-15-30(46-29)35(44)39-27-13-10-21-6-4-5-7-26(21)27/h4-9,11-12,14-15,17,19,27-28,42H,10,13,16,18H2,1-3H3,(H2,38,43)(H,39,44)/t27-,28?/m1/s1. The molecule has 46 heavy (non-hydrogen) atoms. The minimum absolute atomic E-state index is 0.0821. The molecule has 1 aliphatic rings. The molecule has 1 unspecified atom stereocenters. The number of fused-ring (bicyclic) bond motifs is 1. The number of halogens is 1. The fraction of sp³-hybridized carbons (Fsp3) is 0.278. The summed E-state index contributed by atoms with van der Waals surface area (Å²) in [5.74, 6) is -0.582. The molecule has 0 fully saturated rings. The van der Waals surface area contributed by atoms with E-state index in [4.69, 9.17) is 10.2 Å². The number of hydrogen-bond donors (Lipinski definition) is 3. The maximum Gasteiger partial charge on any atom is 0.261 e.